The van der Waals surface area contributed by atoms with Crippen LogP contribution in [0.2, 0.25) is 0 Å². The van der Waals surface area contributed by atoms with Gasteiger partial charge >= 0.3 is 462 Å². The minimum atomic E-state index is -2.78. The van der Waals surface area contributed by atoms with Crippen LogP contribution in [0.5, 0.6) is 0 Å². The molecule has 376 valence electrons. The molecular weight excluding hydrogens is 1330 g/mol. The monoisotopic (exact) mass is 1390 g/mol. The zero-order valence-corrected chi connectivity index (χ0v) is 54.7. The molecule has 0 bridgehead atoms. The molecule has 10 aromatic carbocycles. The van der Waals surface area contributed by atoms with E-state index in [0.29, 0.717) is 11.8 Å². The topological polar surface area (TPSA) is 24.1 Å². The van der Waals surface area contributed by atoms with Crippen LogP contribution in [-0.2, 0) is 54.6 Å². The van der Waals surface area contributed by atoms with Crippen molar-refractivity contribution < 1.29 is 66.6 Å². The molecule has 2 aliphatic carbocycles. The summed E-state index contributed by atoms with van der Waals surface area (Å²) in [5.74, 6) is -2.12. The van der Waals surface area contributed by atoms with Crippen molar-refractivity contribution in [1.29, 1.82) is 0 Å². The van der Waals surface area contributed by atoms with E-state index in [1.54, 1.807) is 38.5 Å². The molecule has 2 N–H and O–H groups in total. The summed E-state index contributed by atoms with van der Waals surface area (Å²) in [6, 6.07) is 95.9. The number of anilines is 2. The van der Waals surface area contributed by atoms with E-state index in [2.05, 4.69) is 289 Å². The van der Waals surface area contributed by atoms with E-state index in [0.717, 1.165) is 12.8 Å². The molecule has 76 heavy (non-hydrogen) atoms. The Hall–Kier alpha value is -5.45. The number of hydrogen-bond acceptors (Lipinski definition) is 2. The molecule has 8 heteroatoms. The zero-order valence-electron chi connectivity index (χ0n) is 43.7. The predicted octanol–water partition coefficient (Wildman–Crippen LogP) is 6.39. The third kappa shape index (κ3) is 11.8. The van der Waals surface area contributed by atoms with Crippen molar-refractivity contribution in [2.45, 2.75) is 52.4 Å². The van der Waals surface area contributed by atoms with Crippen LogP contribution >= 0.6 is 0 Å². The number of fused-ring (bicyclic) bond motifs is 6. The zero-order chi connectivity index (χ0) is 50.4. The molecule has 0 amide bonds. The first-order chi connectivity index (χ1) is 36.4. The normalized spacial score (nSPS) is 11.6. The molecule has 0 atom stereocenters. The summed E-state index contributed by atoms with van der Waals surface area (Å²) in [5, 5.41) is 6.22. The van der Waals surface area contributed by atoms with Crippen LogP contribution in [0.3, 0.4) is 0 Å². The first kappa shape index (κ1) is 55.3. The fraction of sp³-hybridized carbons (Fsp3) is 0.118. The summed E-state index contributed by atoms with van der Waals surface area (Å²) >= 11 is -5.56. The van der Waals surface area contributed by atoms with Crippen LogP contribution in [0.15, 0.2) is 255 Å². The fourth-order valence-corrected chi connectivity index (χ4v) is 67.1. The van der Waals surface area contributed by atoms with Gasteiger partial charge in [-0.15, -0.1) is 0 Å². The Morgan fingerprint density at radius 3 is 0.947 bits per heavy atom. The summed E-state index contributed by atoms with van der Waals surface area (Å²) in [7, 11) is 0. The van der Waals surface area contributed by atoms with E-state index in [9.17, 15) is 0 Å². The van der Waals surface area contributed by atoms with Gasteiger partial charge in [-0.3, -0.25) is 0 Å². The summed E-state index contributed by atoms with van der Waals surface area (Å²) in [5.41, 5.74) is 17.4. The van der Waals surface area contributed by atoms with Gasteiger partial charge in [0.25, 0.3) is 0 Å². The minimum Gasteiger partial charge on any atom is -1.00 e. The molecule has 0 radical (unpaired) electrons. The van der Waals surface area contributed by atoms with Crippen molar-refractivity contribution in [3.8, 4) is 22.3 Å². The minimum absolute atomic E-state index is 0. The summed E-state index contributed by atoms with van der Waals surface area (Å²) in [6.45, 7) is 9.24. The average molecular weight is 1390 g/mol. The van der Waals surface area contributed by atoms with Gasteiger partial charge in [0.05, 0.1) is 0 Å². The quantitative estimate of drug-likeness (QED) is 0.124. The Morgan fingerprint density at radius 2 is 0.605 bits per heavy atom. The SMILES string of the molecule is CC(C)c1ccccc1[NH][Hf+]([c]1cccc2c1Cc1ccccc1-2)[SiH](c1ccccc1)c1ccccc1.CC(C)c1ccccc1[NH][Hf+]([c]1cccc2c1Cc1ccccc1-2)[SiH](c1ccccc1)c1ccccc1.[Cl-].[Cl-]. The summed E-state index contributed by atoms with van der Waals surface area (Å²) in [4.78, 5) is 0. The Labute approximate surface area is 482 Å². The number of hydrogen-bond donors (Lipinski definition) is 2. The smallest absolute Gasteiger partial charge is 1.00 e. The molecule has 0 saturated carbocycles. The summed E-state index contributed by atoms with van der Waals surface area (Å²) in [6.07, 6.45) is 2.10. The van der Waals surface area contributed by atoms with Crippen LogP contribution in [0.1, 0.15) is 72.9 Å². The maximum absolute atomic E-state index is 4.37. The maximum Gasteiger partial charge on any atom is -1.00 e. The molecule has 10 aromatic rings. The summed E-state index contributed by atoms with van der Waals surface area (Å²) < 4.78 is 12.1. The number of nitrogens with one attached hydrogen (secondary N) is 2. The first-order valence-electron chi connectivity index (χ1n) is 26.5. The largest absolute Gasteiger partial charge is 1.00 e. The average Bonchev–Trinajstić information content (AvgIpc) is 4.07. The van der Waals surface area contributed by atoms with Crippen molar-refractivity contribution in [2.24, 2.45) is 0 Å². The van der Waals surface area contributed by atoms with E-state index in [1.807, 2.05) is 0 Å². The second-order valence-corrected chi connectivity index (χ2v) is 58.3. The van der Waals surface area contributed by atoms with Gasteiger partial charge in [0, 0.05) is 0 Å². The fourth-order valence-electron chi connectivity index (χ4n) is 11.6. The van der Waals surface area contributed by atoms with Crippen molar-refractivity contribution in [3.05, 3.63) is 288 Å². The van der Waals surface area contributed by atoms with Crippen molar-refractivity contribution >= 4 is 50.7 Å². The van der Waals surface area contributed by atoms with Gasteiger partial charge in [-0.2, -0.15) is 0 Å². The van der Waals surface area contributed by atoms with Crippen LogP contribution in [-0.4, -0.2) is 12.0 Å². The Balaban J connectivity index is 0.000000181. The Kier molecular flexibility index (Phi) is 18.8. The molecule has 0 heterocycles. The van der Waals surface area contributed by atoms with Crippen LogP contribution in [0, 0.1) is 0 Å². The first-order valence-corrected chi connectivity index (χ1v) is 49.6. The van der Waals surface area contributed by atoms with Crippen molar-refractivity contribution in [2.75, 3.05) is 6.61 Å². The molecule has 0 aromatic heterocycles. The molecule has 2 aliphatic rings. The van der Waals surface area contributed by atoms with Gasteiger partial charge in [0.15, 0.2) is 0 Å². The van der Waals surface area contributed by atoms with E-state index >= 15 is 0 Å². The third-order valence-electron chi connectivity index (χ3n) is 15.1. The number of benzene rings is 10. The van der Waals surface area contributed by atoms with Gasteiger partial charge in [-0.25, -0.2) is 0 Å². The van der Waals surface area contributed by atoms with Gasteiger partial charge in [0.1, 0.15) is 0 Å². The van der Waals surface area contributed by atoms with E-state index in [1.165, 1.54) is 55.9 Å². The van der Waals surface area contributed by atoms with Crippen LogP contribution in [0.4, 0.5) is 11.4 Å². The van der Waals surface area contributed by atoms with Gasteiger partial charge in [-0.05, 0) is 0 Å². The molecule has 0 spiro atoms. The Bertz CT molecular complexity index is 3200. The van der Waals surface area contributed by atoms with E-state index < -0.39 is 53.8 Å². The second-order valence-electron chi connectivity index (χ2n) is 20.4. The maximum atomic E-state index is 4.37. The number of halogens is 2. The third-order valence-corrected chi connectivity index (χ3v) is 66.1. The van der Waals surface area contributed by atoms with E-state index in [-0.39, 0.29) is 24.8 Å². The van der Waals surface area contributed by atoms with Crippen LogP contribution in [0.25, 0.3) is 22.3 Å². The molecule has 0 unspecified atom stereocenters. The predicted molar refractivity (Wildman–Crippen MR) is 316 cm³/mol. The number of rotatable bonds is 14. The van der Waals surface area contributed by atoms with Gasteiger partial charge in [0.2, 0.25) is 0 Å². The second kappa shape index (κ2) is 25.8. The molecule has 2 nitrogen and oxygen atoms in total. The van der Waals surface area contributed by atoms with Gasteiger partial charge in [-0.1, -0.05) is 0 Å². The van der Waals surface area contributed by atoms with E-state index in [4.69, 9.17) is 0 Å². The standard InChI is InChI=1S/2C13H9.2C12H11Si.2C9H12N.2ClH.2Hf/c2*1-3-7-12-10(5-1)9-11-6-2-4-8-13(11)12;2*1-3-7-11(8-4-1)13-12-9-5-2-6-10-12;2*1-7(2)8-5-3-4-6-9(8)10;;;;/h2*1-5,7-8H,9H2;2*1-10,13H;2*3-7,10H,1-2H3;2*1H;;/q;;;;2*-1;;;2*+2/p-2. The Morgan fingerprint density at radius 1 is 0.316 bits per heavy atom. The van der Waals surface area contributed by atoms with Crippen LogP contribution < -0.4 is 58.8 Å². The molecule has 12 rings (SSSR count). The molecular formula is C68H64Cl2Hf2N2Si2. The number of para-hydroxylation sites is 2. The van der Waals surface area contributed by atoms with Gasteiger partial charge < -0.3 is 24.8 Å². The molecule has 0 aliphatic heterocycles. The molecule has 0 fully saturated rings. The molecule has 0 saturated heterocycles. The van der Waals surface area contributed by atoms with Crippen molar-refractivity contribution in [3.63, 3.8) is 0 Å². The van der Waals surface area contributed by atoms with Crippen molar-refractivity contribution in [1.82, 2.24) is 0 Å².